The topological polar surface area (TPSA) is 84.0 Å². The minimum absolute atomic E-state index is 0.112. The number of benzene rings is 2. The van der Waals surface area contributed by atoms with Crippen molar-refractivity contribution in [1.82, 2.24) is 4.31 Å². The van der Waals surface area contributed by atoms with Gasteiger partial charge in [-0.2, -0.15) is 4.31 Å². The van der Waals surface area contributed by atoms with E-state index in [1.807, 2.05) is 24.3 Å². The summed E-state index contributed by atoms with van der Waals surface area (Å²) in [5, 5.41) is 0. The molecule has 0 aromatic heterocycles. The Balaban J connectivity index is 1.50. The van der Waals surface area contributed by atoms with Gasteiger partial charge in [-0.1, -0.05) is 30.7 Å². The Morgan fingerprint density at radius 3 is 2.47 bits per heavy atom. The Bertz CT molecular complexity index is 1140. The van der Waals surface area contributed by atoms with Crippen LogP contribution < -0.4 is 4.90 Å². The SMILES string of the molecule is Cc1ccc(C(=O)OC(C)C(=O)N2CCc3ccccc32)cc1S(=O)(=O)N1CCCCC1. The monoisotopic (exact) mass is 456 g/mol. The quantitative estimate of drug-likeness (QED) is 0.645. The fourth-order valence-electron chi connectivity index (χ4n) is 4.31. The molecule has 1 amide bonds. The molecule has 0 bridgehead atoms. The lowest BCUT2D eigenvalue weighted by Gasteiger charge is -2.26. The van der Waals surface area contributed by atoms with Crippen molar-refractivity contribution in [2.45, 2.75) is 50.5 Å². The summed E-state index contributed by atoms with van der Waals surface area (Å²) >= 11 is 0. The summed E-state index contributed by atoms with van der Waals surface area (Å²) in [6.45, 7) is 4.77. The molecule has 7 nitrogen and oxygen atoms in total. The summed E-state index contributed by atoms with van der Waals surface area (Å²) in [5.74, 6) is -1.01. The van der Waals surface area contributed by atoms with Crippen LogP contribution in [-0.2, 0) is 26.0 Å². The van der Waals surface area contributed by atoms with Gasteiger partial charge in [-0.25, -0.2) is 13.2 Å². The third kappa shape index (κ3) is 4.29. The van der Waals surface area contributed by atoms with Gasteiger partial charge in [0.2, 0.25) is 10.0 Å². The second kappa shape index (κ2) is 9.03. The average Bonchev–Trinajstić information content (AvgIpc) is 3.23. The van der Waals surface area contributed by atoms with E-state index < -0.39 is 22.1 Å². The Labute approximate surface area is 189 Å². The van der Waals surface area contributed by atoms with Crippen LogP contribution in [0.5, 0.6) is 0 Å². The highest BCUT2D eigenvalue weighted by Crippen LogP contribution is 2.29. The van der Waals surface area contributed by atoms with Crippen LogP contribution in [0.25, 0.3) is 0 Å². The Morgan fingerprint density at radius 1 is 1.00 bits per heavy atom. The molecule has 2 aliphatic rings. The van der Waals surface area contributed by atoms with Gasteiger partial charge in [0.25, 0.3) is 5.91 Å². The fraction of sp³-hybridized carbons (Fsp3) is 0.417. The number of carbonyl (C=O) groups is 2. The first-order valence-electron chi connectivity index (χ1n) is 11.0. The molecule has 0 saturated carbocycles. The van der Waals surface area contributed by atoms with Crippen molar-refractivity contribution < 1.29 is 22.7 Å². The maximum atomic E-state index is 13.1. The lowest BCUT2D eigenvalue weighted by atomic mass is 10.1. The van der Waals surface area contributed by atoms with Crippen molar-refractivity contribution in [2.24, 2.45) is 0 Å². The normalized spacial score (nSPS) is 17.6. The number of nitrogens with zero attached hydrogens (tertiary/aromatic N) is 2. The second-order valence-corrected chi connectivity index (χ2v) is 10.3. The molecule has 0 spiro atoms. The van der Waals surface area contributed by atoms with Crippen molar-refractivity contribution in [2.75, 3.05) is 24.5 Å². The van der Waals surface area contributed by atoms with Crippen molar-refractivity contribution in [3.63, 3.8) is 0 Å². The third-order valence-electron chi connectivity index (χ3n) is 6.14. The summed E-state index contributed by atoms with van der Waals surface area (Å²) in [6, 6.07) is 12.2. The number of rotatable bonds is 5. The van der Waals surface area contributed by atoms with E-state index in [1.165, 1.54) is 16.4 Å². The summed E-state index contributed by atoms with van der Waals surface area (Å²) in [4.78, 5) is 27.4. The first-order chi connectivity index (χ1) is 15.3. The molecule has 4 rings (SSSR count). The highest BCUT2D eigenvalue weighted by atomic mass is 32.2. The lowest BCUT2D eigenvalue weighted by molar-refractivity contribution is -0.126. The van der Waals surface area contributed by atoms with Gasteiger partial charge in [0.15, 0.2) is 6.10 Å². The van der Waals surface area contributed by atoms with Crippen LogP contribution in [0.4, 0.5) is 5.69 Å². The van der Waals surface area contributed by atoms with Gasteiger partial charge in [0, 0.05) is 25.3 Å². The average molecular weight is 457 g/mol. The van der Waals surface area contributed by atoms with E-state index in [2.05, 4.69) is 0 Å². The Kier molecular flexibility index (Phi) is 6.35. The highest BCUT2D eigenvalue weighted by molar-refractivity contribution is 7.89. The number of carbonyl (C=O) groups excluding carboxylic acids is 2. The number of para-hydroxylation sites is 1. The van der Waals surface area contributed by atoms with E-state index in [-0.39, 0.29) is 16.4 Å². The van der Waals surface area contributed by atoms with Crippen molar-refractivity contribution in [3.8, 4) is 0 Å². The van der Waals surface area contributed by atoms with Gasteiger partial charge in [-0.3, -0.25) is 4.79 Å². The number of anilines is 1. The molecular weight excluding hydrogens is 428 g/mol. The van der Waals surface area contributed by atoms with E-state index in [0.717, 1.165) is 36.9 Å². The minimum atomic E-state index is -3.69. The number of esters is 1. The van der Waals surface area contributed by atoms with Gasteiger partial charge in [-0.05, 0) is 62.4 Å². The zero-order valence-electron chi connectivity index (χ0n) is 18.4. The molecule has 2 aromatic carbocycles. The molecule has 0 N–H and O–H groups in total. The van der Waals surface area contributed by atoms with Crippen LogP contribution in [0.15, 0.2) is 47.4 Å². The van der Waals surface area contributed by atoms with Gasteiger partial charge in [0.05, 0.1) is 10.5 Å². The molecule has 2 aromatic rings. The number of aryl methyl sites for hydroxylation is 1. The molecule has 2 heterocycles. The van der Waals surface area contributed by atoms with Gasteiger partial charge >= 0.3 is 5.97 Å². The molecule has 32 heavy (non-hydrogen) atoms. The standard InChI is InChI=1S/C24H28N2O5S/c1-17-10-11-20(16-22(17)32(29,30)25-13-6-3-7-14-25)24(28)31-18(2)23(27)26-15-12-19-8-4-5-9-21(19)26/h4-5,8-11,16,18H,3,6-7,12-15H2,1-2H3. The van der Waals surface area contributed by atoms with Gasteiger partial charge < -0.3 is 9.64 Å². The Hall–Kier alpha value is -2.71. The number of ether oxygens (including phenoxy) is 1. The molecule has 1 saturated heterocycles. The van der Waals surface area contributed by atoms with Gasteiger partial charge in [0.1, 0.15) is 0 Å². The fourth-order valence-corrected chi connectivity index (χ4v) is 6.08. The summed E-state index contributed by atoms with van der Waals surface area (Å²) in [5.41, 5.74) is 2.62. The van der Waals surface area contributed by atoms with E-state index in [4.69, 9.17) is 4.74 Å². The van der Waals surface area contributed by atoms with E-state index in [0.29, 0.717) is 25.2 Å². The predicted molar refractivity (Wildman–Crippen MR) is 121 cm³/mol. The zero-order chi connectivity index (χ0) is 22.9. The first kappa shape index (κ1) is 22.5. The van der Waals surface area contributed by atoms with E-state index >= 15 is 0 Å². The number of hydrogen-bond acceptors (Lipinski definition) is 5. The van der Waals surface area contributed by atoms with Crippen LogP contribution in [0, 0.1) is 6.92 Å². The Morgan fingerprint density at radius 2 is 1.72 bits per heavy atom. The molecular formula is C24H28N2O5S. The third-order valence-corrected chi connectivity index (χ3v) is 8.18. The van der Waals surface area contributed by atoms with Crippen LogP contribution in [-0.4, -0.2) is 50.3 Å². The van der Waals surface area contributed by atoms with Crippen LogP contribution in [0.1, 0.15) is 47.7 Å². The van der Waals surface area contributed by atoms with Crippen molar-refractivity contribution in [3.05, 3.63) is 59.2 Å². The van der Waals surface area contributed by atoms with E-state index in [9.17, 15) is 18.0 Å². The van der Waals surface area contributed by atoms with E-state index in [1.54, 1.807) is 24.8 Å². The summed E-state index contributed by atoms with van der Waals surface area (Å²) in [6.07, 6.45) is 2.46. The first-order valence-corrected chi connectivity index (χ1v) is 12.4. The van der Waals surface area contributed by atoms with Crippen molar-refractivity contribution >= 4 is 27.6 Å². The number of fused-ring (bicyclic) bond motifs is 1. The van der Waals surface area contributed by atoms with Gasteiger partial charge in [-0.15, -0.1) is 0 Å². The molecule has 0 aliphatic carbocycles. The summed E-state index contributed by atoms with van der Waals surface area (Å²) < 4.78 is 33.2. The maximum absolute atomic E-state index is 13.1. The molecule has 1 unspecified atom stereocenters. The smallest absolute Gasteiger partial charge is 0.338 e. The van der Waals surface area contributed by atoms with Crippen LogP contribution >= 0.6 is 0 Å². The molecule has 1 fully saturated rings. The second-order valence-electron chi connectivity index (χ2n) is 8.36. The molecule has 0 radical (unpaired) electrons. The molecule has 1 atom stereocenters. The minimum Gasteiger partial charge on any atom is -0.449 e. The van der Waals surface area contributed by atoms with Crippen LogP contribution in [0.3, 0.4) is 0 Å². The predicted octanol–water partition coefficient (Wildman–Crippen LogP) is 3.30. The number of amides is 1. The summed E-state index contributed by atoms with van der Waals surface area (Å²) in [7, 11) is -3.69. The van der Waals surface area contributed by atoms with Crippen LogP contribution in [0.2, 0.25) is 0 Å². The molecule has 170 valence electrons. The lowest BCUT2D eigenvalue weighted by Crippen LogP contribution is -2.39. The number of piperidine rings is 1. The molecule has 8 heteroatoms. The number of hydrogen-bond donors (Lipinski definition) is 0. The number of sulfonamides is 1. The largest absolute Gasteiger partial charge is 0.449 e. The van der Waals surface area contributed by atoms with Crippen molar-refractivity contribution in [1.29, 1.82) is 0 Å². The zero-order valence-corrected chi connectivity index (χ0v) is 19.2. The molecule has 2 aliphatic heterocycles. The highest BCUT2D eigenvalue weighted by Gasteiger charge is 2.31. The maximum Gasteiger partial charge on any atom is 0.338 e.